The van der Waals surface area contributed by atoms with Crippen LogP contribution < -0.4 is 15.4 Å². The lowest BCUT2D eigenvalue weighted by molar-refractivity contribution is -0.118. The van der Waals surface area contributed by atoms with Gasteiger partial charge in [0.25, 0.3) is 12.3 Å². The summed E-state index contributed by atoms with van der Waals surface area (Å²) in [5.41, 5.74) is 1.60. The zero-order valence-electron chi connectivity index (χ0n) is 17.4. The average Bonchev–Trinajstić information content (AvgIpc) is 2.70. The van der Waals surface area contributed by atoms with Crippen LogP contribution in [0.1, 0.15) is 55.1 Å². The fourth-order valence-electron chi connectivity index (χ4n) is 2.51. The van der Waals surface area contributed by atoms with Crippen LogP contribution in [0.5, 0.6) is 5.88 Å². The van der Waals surface area contributed by atoms with Gasteiger partial charge in [-0.05, 0) is 29.7 Å². The molecule has 0 saturated heterocycles. The Balaban J connectivity index is 2.11. The number of aromatic nitrogens is 2. The first-order valence-corrected chi connectivity index (χ1v) is 9.62. The molecule has 0 unspecified atom stereocenters. The average molecular weight is 420 g/mol. The molecule has 0 radical (unpaired) electrons. The van der Waals surface area contributed by atoms with E-state index in [4.69, 9.17) is 4.74 Å². The predicted octanol–water partition coefficient (Wildman–Crippen LogP) is 3.77. The zero-order valence-corrected chi connectivity index (χ0v) is 17.4. The number of amides is 2. The Bertz CT molecular complexity index is 888. The maximum Gasteiger partial charge on any atom is 0.272 e. The van der Waals surface area contributed by atoms with Gasteiger partial charge in [-0.3, -0.25) is 9.59 Å². The van der Waals surface area contributed by atoms with Crippen LogP contribution in [-0.2, 0) is 11.3 Å². The van der Waals surface area contributed by atoms with Gasteiger partial charge in [0.1, 0.15) is 5.82 Å². The van der Waals surface area contributed by atoms with Gasteiger partial charge in [-0.15, -0.1) is 0 Å². The highest BCUT2D eigenvalue weighted by molar-refractivity contribution is 6.02. The number of alkyl halides is 2. The molecule has 0 atom stereocenters. The summed E-state index contributed by atoms with van der Waals surface area (Å²) in [4.78, 5) is 32.8. The highest BCUT2D eigenvalue weighted by atomic mass is 19.3. The number of halogens is 2. The van der Waals surface area contributed by atoms with Crippen LogP contribution in [-0.4, -0.2) is 34.8 Å². The number of nitrogens with zero attached hydrogens (tertiary/aromatic N) is 2. The third-order valence-corrected chi connectivity index (χ3v) is 4.17. The van der Waals surface area contributed by atoms with Crippen LogP contribution in [0.25, 0.3) is 0 Å². The van der Waals surface area contributed by atoms with Crippen LogP contribution in [0.3, 0.4) is 0 Å². The fourth-order valence-corrected chi connectivity index (χ4v) is 2.51. The van der Waals surface area contributed by atoms with E-state index in [1.807, 2.05) is 13.8 Å². The van der Waals surface area contributed by atoms with Crippen LogP contribution in [0.15, 0.2) is 30.6 Å². The first kappa shape index (κ1) is 23.2. The lowest BCUT2D eigenvalue weighted by Gasteiger charge is -2.15. The van der Waals surface area contributed by atoms with Crippen molar-refractivity contribution in [3.63, 3.8) is 0 Å². The molecule has 0 aliphatic carbocycles. The smallest absolute Gasteiger partial charge is 0.272 e. The number of nitrogens with one attached hydrogen (secondary N) is 2. The lowest BCUT2D eigenvalue weighted by Crippen LogP contribution is -2.26. The van der Waals surface area contributed by atoms with Crippen molar-refractivity contribution >= 4 is 17.6 Å². The predicted molar refractivity (Wildman–Crippen MR) is 109 cm³/mol. The Morgan fingerprint density at radius 2 is 1.90 bits per heavy atom. The Hall–Kier alpha value is -3.10. The molecule has 0 saturated carbocycles. The van der Waals surface area contributed by atoms with Gasteiger partial charge in [0.2, 0.25) is 11.8 Å². The van der Waals surface area contributed by atoms with Crippen LogP contribution in [0.2, 0.25) is 0 Å². The maximum absolute atomic E-state index is 12.6. The van der Waals surface area contributed by atoms with Crippen molar-refractivity contribution in [2.24, 2.45) is 5.92 Å². The molecule has 2 rings (SSSR count). The summed E-state index contributed by atoms with van der Waals surface area (Å²) >= 11 is 0. The van der Waals surface area contributed by atoms with Crippen molar-refractivity contribution in [3.8, 4) is 5.88 Å². The van der Waals surface area contributed by atoms with Gasteiger partial charge in [0.15, 0.2) is 6.61 Å². The minimum atomic E-state index is -2.59. The summed E-state index contributed by atoms with van der Waals surface area (Å²) in [6, 6.07) is 4.94. The number of ether oxygens (including phenoxy) is 1. The Labute approximate surface area is 174 Å². The molecular weight excluding hydrogens is 394 g/mol. The molecule has 7 nitrogen and oxygen atoms in total. The third-order valence-electron chi connectivity index (χ3n) is 4.17. The van der Waals surface area contributed by atoms with Gasteiger partial charge in [-0.2, -0.15) is 0 Å². The van der Waals surface area contributed by atoms with Crippen molar-refractivity contribution in [2.45, 2.75) is 46.6 Å². The number of rotatable bonds is 9. The van der Waals surface area contributed by atoms with Gasteiger partial charge in [0, 0.05) is 30.4 Å². The van der Waals surface area contributed by atoms with Crippen LogP contribution >= 0.6 is 0 Å². The van der Waals surface area contributed by atoms with Gasteiger partial charge < -0.3 is 15.4 Å². The molecule has 9 heteroatoms. The minimum absolute atomic E-state index is 0.00278. The van der Waals surface area contributed by atoms with Crippen LogP contribution in [0.4, 0.5) is 14.6 Å². The molecule has 2 aromatic rings. The standard InChI is InChI=1S/C21H26F2N4O3/c1-12(2)16-8-14(10-26-21(16)30-11-17(22)23)9-25-20(29)15-6-5-7-24-18(15)27-19(28)13(3)4/h5-8,10,12-13,17H,9,11H2,1-4H3,(H,25,29)(H,24,27,28). The SMILES string of the molecule is CC(C)C(=O)Nc1ncccc1C(=O)NCc1cnc(OCC(F)F)c(C(C)C)c1. The summed E-state index contributed by atoms with van der Waals surface area (Å²) < 4.78 is 29.9. The van der Waals surface area contributed by atoms with Crippen molar-refractivity contribution in [3.05, 3.63) is 47.3 Å². The van der Waals surface area contributed by atoms with Crippen molar-refractivity contribution in [1.82, 2.24) is 15.3 Å². The van der Waals surface area contributed by atoms with Gasteiger partial charge in [-0.25, -0.2) is 18.7 Å². The third kappa shape index (κ3) is 6.47. The first-order valence-electron chi connectivity index (χ1n) is 9.62. The normalized spacial score (nSPS) is 11.1. The van der Waals surface area contributed by atoms with Crippen molar-refractivity contribution in [2.75, 3.05) is 11.9 Å². The van der Waals surface area contributed by atoms with Gasteiger partial charge >= 0.3 is 0 Å². The highest BCUT2D eigenvalue weighted by Crippen LogP contribution is 2.25. The summed E-state index contributed by atoms with van der Waals surface area (Å²) in [5.74, 6) is -0.567. The highest BCUT2D eigenvalue weighted by Gasteiger charge is 2.17. The van der Waals surface area contributed by atoms with Crippen molar-refractivity contribution < 1.29 is 23.1 Å². The molecular formula is C21H26F2N4O3. The minimum Gasteiger partial charge on any atom is -0.471 e. The Kier molecular flexibility index (Phi) is 8.20. The molecule has 0 aliphatic heterocycles. The summed E-state index contributed by atoms with van der Waals surface area (Å²) in [5, 5.41) is 5.41. The number of anilines is 1. The molecule has 2 N–H and O–H groups in total. The number of pyridine rings is 2. The monoisotopic (exact) mass is 420 g/mol. The molecule has 2 aromatic heterocycles. The molecule has 0 fully saturated rings. The molecule has 2 heterocycles. The van der Waals surface area contributed by atoms with E-state index in [1.54, 1.807) is 32.0 Å². The number of hydrogen-bond donors (Lipinski definition) is 2. The second kappa shape index (κ2) is 10.6. The van der Waals surface area contributed by atoms with E-state index in [2.05, 4.69) is 20.6 Å². The van der Waals surface area contributed by atoms with E-state index in [-0.39, 0.29) is 41.5 Å². The maximum atomic E-state index is 12.6. The fraction of sp³-hybridized carbons (Fsp3) is 0.429. The molecule has 0 bridgehead atoms. The number of carbonyl (C=O) groups is 2. The van der Waals surface area contributed by atoms with E-state index in [1.165, 1.54) is 12.4 Å². The van der Waals surface area contributed by atoms with Gasteiger partial charge in [-0.1, -0.05) is 27.7 Å². The number of carbonyl (C=O) groups excluding carboxylic acids is 2. The van der Waals surface area contributed by atoms with Crippen molar-refractivity contribution in [1.29, 1.82) is 0 Å². The quantitative estimate of drug-likeness (QED) is 0.644. The molecule has 0 spiro atoms. The Morgan fingerprint density at radius 1 is 1.17 bits per heavy atom. The second-order valence-electron chi connectivity index (χ2n) is 7.32. The van der Waals surface area contributed by atoms with Crippen LogP contribution in [0, 0.1) is 5.92 Å². The molecule has 2 amide bonds. The van der Waals surface area contributed by atoms with E-state index < -0.39 is 18.9 Å². The largest absolute Gasteiger partial charge is 0.471 e. The zero-order chi connectivity index (χ0) is 22.3. The first-order chi connectivity index (χ1) is 14.2. The van der Waals surface area contributed by atoms with E-state index in [9.17, 15) is 18.4 Å². The van der Waals surface area contributed by atoms with E-state index in [0.717, 1.165) is 0 Å². The second-order valence-corrected chi connectivity index (χ2v) is 7.32. The molecule has 30 heavy (non-hydrogen) atoms. The Morgan fingerprint density at radius 3 is 2.53 bits per heavy atom. The molecule has 0 aliphatic rings. The summed E-state index contributed by atoms with van der Waals surface area (Å²) in [7, 11) is 0. The van der Waals surface area contributed by atoms with E-state index >= 15 is 0 Å². The lowest BCUT2D eigenvalue weighted by atomic mass is 10.0. The summed E-state index contributed by atoms with van der Waals surface area (Å²) in [6.45, 7) is 6.71. The molecule has 0 aromatic carbocycles. The van der Waals surface area contributed by atoms with Gasteiger partial charge in [0.05, 0.1) is 5.56 Å². The van der Waals surface area contributed by atoms with E-state index in [0.29, 0.717) is 11.1 Å². The molecule has 162 valence electrons. The topological polar surface area (TPSA) is 93.2 Å². The number of hydrogen-bond acceptors (Lipinski definition) is 5. The summed E-state index contributed by atoms with van der Waals surface area (Å²) in [6.07, 6.45) is 0.372.